The van der Waals surface area contributed by atoms with Gasteiger partial charge in [0.05, 0.1) is 19.3 Å². The number of rotatable bonds is 3. The van der Waals surface area contributed by atoms with Gasteiger partial charge in [-0.25, -0.2) is 4.98 Å². The monoisotopic (exact) mass is 313 g/mol. The van der Waals surface area contributed by atoms with Crippen LogP contribution in [0.3, 0.4) is 0 Å². The lowest BCUT2D eigenvalue weighted by molar-refractivity contribution is 0.132. The molecular weight excluding hydrogens is 290 g/mol. The van der Waals surface area contributed by atoms with E-state index in [2.05, 4.69) is 27.0 Å². The summed E-state index contributed by atoms with van der Waals surface area (Å²) < 4.78 is 11.8. The van der Waals surface area contributed by atoms with E-state index < -0.39 is 0 Å². The smallest absolute Gasteiger partial charge is 0.165 e. The van der Waals surface area contributed by atoms with Crippen LogP contribution in [0.25, 0.3) is 0 Å². The number of nitrogens with one attached hydrogen (secondary N) is 1. The molecule has 2 aliphatic heterocycles. The van der Waals surface area contributed by atoms with E-state index in [0.29, 0.717) is 6.04 Å². The van der Waals surface area contributed by atoms with Gasteiger partial charge in [-0.05, 0) is 25.5 Å². The van der Waals surface area contributed by atoms with Crippen molar-refractivity contribution in [1.29, 1.82) is 0 Å². The molecule has 1 saturated heterocycles. The fourth-order valence-electron chi connectivity index (χ4n) is 3.55. The van der Waals surface area contributed by atoms with E-state index in [-0.39, 0.29) is 0 Å². The summed E-state index contributed by atoms with van der Waals surface area (Å²) >= 11 is 0. The molecule has 1 atom stereocenters. The Labute approximate surface area is 136 Å². The molecule has 0 unspecified atom stereocenters. The van der Waals surface area contributed by atoms with Crippen LogP contribution in [-0.2, 0) is 6.54 Å². The Morgan fingerprint density at radius 1 is 1.17 bits per heavy atom. The number of benzene rings is 1. The zero-order valence-electron chi connectivity index (χ0n) is 13.3. The Morgan fingerprint density at radius 2 is 2.13 bits per heavy atom. The molecular formula is C18H23N3O2. The highest BCUT2D eigenvalue weighted by Crippen LogP contribution is 2.37. The summed E-state index contributed by atoms with van der Waals surface area (Å²) in [5.41, 5.74) is 1.21. The fraction of sp³-hybridized carbons (Fsp3) is 0.500. The zero-order chi connectivity index (χ0) is 15.5. The SMILES string of the molecule is c1cc(CN2CCCC[C@@H]2c2ncc[nH]2)c2c(c1)OCCCO2. The van der Waals surface area contributed by atoms with Crippen molar-refractivity contribution in [2.75, 3.05) is 19.8 Å². The number of aromatic amines is 1. The van der Waals surface area contributed by atoms with Crippen LogP contribution in [0.4, 0.5) is 0 Å². The predicted molar refractivity (Wildman–Crippen MR) is 87.6 cm³/mol. The molecule has 23 heavy (non-hydrogen) atoms. The van der Waals surface area contributed by atoms with E-state index in [0.717, 1.165) is 56.5 Å². The maximum atomic E-state index is 5.97. The maximum absolute atomic E-state index is 5.97. The van der Waals surface area contributed by atoms with Crippen molar-refractivity contribution in [3.63, 3.8) is 0 Å². The number of para-hydroxylation sites is 1. The average Bonchev–Trinajstić information content (AvgIpc) is 3.00. The van der Waals surface area contributed by atoms with E-state index in [4.69, 9.17) is 9.47 Å². The second kappa shape index (κ2) is 6.62. The largest absolute Gasteiger partial charge is 0.490 e. The van der Waals surface area contributed by atoms with E-state index in [1.165, 1.54) is 18.4 Å². The van der Waals surface area contributed by atoms with Gasteiger partial charge in [-0.15, -0.1) is 0 Å². The van der Waals surface area contributed by atoms with E-state index in [1.54, 1.807) is 0 Å². The molecule has 0 spiro atoms. The quantitative estimate of drug-likeness (QED) is 0.944. The van der Waals surface area contributed by atoms with Crippen LogP contribution in [0, 0.1) is 0 Å². The third-order valence-corrected chi connectivity index (χ3v) is 4.68. The van der Waals surface area contributed by atoms with E-state index in [9.17, 15) is 0 Å². The first kappa shape index (κ1) is 14.6. The van der Waals surface area contributed by atoms with Gasteiger partial charge in [-0.1, -0.05) is 18.6 Å². The standard InChI is InChI=1S/C18H23N3O2/c1-2-10-21(15(6-1)18-19-8-9-20-18)13-14-5-3-7-16-17(14)23-12-4-11-22-16/h3,5,7-9,15H,1-2,4,6,10-13H2,(H,19,20)/t15-/m1/s1. The Kier molecular flexibility index (Phi) is 4.20. The molecule has 1 aromatic carbocycles. The van der Waals surface area contributed by atoms with Gasteiger partial charge >= 0.3 is 0 Å². The number of fused-ring (bicyclic) bond motifs is 1. The van der Waals surface area contributed by atoms with Gasteiger partial charge in [0, 0.05) is 30.9 Å². The minimum Gasteiger partial charge on any atom is -0.490 e. The van der Waals surface area contributed by atoms with Crippen molar-refractivity contribution in [3.05, 3.63) is 42.0 Å². The van der Waals surface area contributed by atoms with Gasteiger partial charge in [0.2, 0.25) is 0 Å². The highest BCUT2D eigenvalue weighted by atomic mass is 16.5. The van der Waals surface area contributed by atoms with Crippen LogP contribution in [-0.4, -0.2) is 34.6 Å². The van der Waals surface area contributed by atoms with Gasteiger partial charge in [0.1, 0.15) is 5.82 Å². The van der Waals surface area contributed by atoms with Gasteiger partial charge in [0.15, 0.2) is 11.5 Å². The van der Waals surface area contributed by atoms with Crippen LogP contribution < -0.4 is 9.47 Å². The lowest BCUT2D eigenvalue weighted by Crippen LogP contribution is -2.33. The van der Waals surface area contributed by atoms with Crippen molar-refractivity contribution in [2.24, 2.45) is 0 Å². The van der Waals surface area contributed by atoms with Crippen molar-refractivity contribution >= 4 is 0 Å². The number of aromatic nitrogens is 2. The maximum Gasteiger partial charge on any atom is 0.165 e. The van der Waals surface area contributed by atoms with E-state index >= 15 is 0 Å². The van der Waals surface area contributed by atoms with E-state index in [1.807, 2.05) is 18.5 Å². The van der Waals surface area contributed by atoms with Gasteiger partial charge < -0.3 is 14.5 Å². The third kappa shape index (κ3) is 3.06. The van der Waals surface area contributed by atoms with Crippen LogP contribution >= 0.6 is 0 Å². The molecule has 5 nitrogen and oxygen atoms in total. The normalized spacial score (nSPS) is 21.8. The van der Waals surface area contributed by atoms with Crippen molar-refractivity contribution in [3.8, 4) is 11.5 Å². The molecule has 5 heteroatoms. The Morgan fingerprint density at radius 3 is 3.04 bits per heavy atom. The summed E-state index contributed by atoms with van der Waals surface area (Å²) in [6.07, 6.45) is 8.34. The predicted octanol–water partition coefficient (Wildman–Crippen LogP) is 3.30. The van der Waals surface area contributed by atoms with Gasteiger partial charge in [-0.3, -0.25) is 4.90 Å². The summed E-state index contributed by atoms with van der Waals surface area (Å²) in [5, 5.41) is 0. The molecule has 4 rings (SSSR count). The molecule has 1 N–H and O–H groups in total. The molecule has 122 valence electrons. The molecule has 0 radical (unpaired) electrons. The van der Waals surface area contributed by atoms with Crippen molar-refractivity contribution in [1.82, 2.24) is 14.9 Å². The topological polar surface area (TPSA) is 50.4 Å². The minimum atomic E-state index is 0.362. The zero-order valence-corrected chi connectivity index (χ0v) is 13.3. The summed E-state index contributed by atoms with van der Waals surface area (Å²) in [5.74, 6) is 2.88. The van der Waals surface area contributed by atoms with Gasteiger partial charge in [-0.2, -0.15) is 0 Å². The highest BCUT2D eigenvalue weighted by molar-refractivity contribution is 5.47. The Bertz CT molecular complexity index is 642. The minimum absolute atomic E-state index is 0.362. The van der Waals surface area contributed by atoms with Crippen LogP contribution in [0.2, 0.25) is 0 Å². The van der Waals surface area contributed by atoms with Crippen LogP contribution in [0.5, 0.6) is 11.5 Å². The number of nitrogens with zero attached hydrogens (tertiary/aromatic N) is 2. The molecule has 0 aliphatic carbocycles. The number of H-pyrrole nitrogens is 1. The molecule has 2 aromatic rings. The molecule has 0 amide bonds. The number of hydrogen-bond donors (Lipinski definition) is 1. The summed E-state index contributed by atoms with van der Waals surface area (Å²) in [4.78, 5) is 10.3. The molecule has 2 aliphatic rings. The average molecular weight is 313 g/mol. The number of piperidine rings is 1. The molecule has 0 saturated carbocycles. The lowest BCUT2D eigenvalue weighted by Gasteiger charge is -2.34. The second-order valence-electron chi connectivity index (χ2n) is 6.25. The fourth-order valence-corrected chi connectivity index (χ4v) is 3.55. The van der Waals surface area contributed by atoms with Gasteiger partial charge in [0.25, 0.3) is 0 Å². The third-order valence-electron chi connectivity index (χ3n) is 4.68. The van der Waals surface area contributed by atoms with Crippen LogP contribution in [0.15, 0.2) is 30.6 Å². The Balaban J connectivity index is 1.59. The molecule has 3 heterocycles. The summed E-state index contributed by atoms with van der Waals surface area (Å²) in [6.45, 7) is 3.43. The first-order valence-electron chi connectivity index (χ1n) is 8.52. The number of ether oxygens (including phenoxy) is 2. The summed E-state index contributed by atoms with van der Waals surface area (Å²) in [7, 11) is 0. The molecule has 1 aromatic heterocycles. The molecule has 1 fully saturated rings. The Hall–Kier alpha value is -2.01. The number of likely N-dealkylation sites (tertiary alicyclic amines) is 1. The first-order chi connectivity index (χ1) is 11.4. The lowest BCUT2D eigenvalue weighted by atomic mass is 10.0. The first-order valence-corrected chi connectivity index (χ1v) is 8.52. The molecule has 0 bridgehead atoms. The van der Waals surface area contributed by atoms with Crippen LogP contribution in [0.1, 0.15) is 43.1 Å². The van der Waals surface area contributed by atoms with Crippen molar-refractivity contribution in [2.45, 2.75) is 38.3 Å². The number of imidazole rings is 1. The number of hydrogen-bond acceptors (Lipinski definition) is 4. The summed E-state index contributed by atoms with van der Waals surface area (Å²) in [6, 6.07) is 6.58. The highest BCUT2D eigenvalue weighted by Gasteiger charge is 2.27. The van der Waals surface area contributed by atoms with Crippen molar-refractivity contribution < 1.29 is 9.47 Å². The second-order valence-corrected chi connectivity index (χ2v) is 6.25.